The molecule has 0 heterocycles. The molecule has 0 saturated heterocycles. The molecular formula is C14H18BrFN2O. The molecule has 0 aromatic heterocycles. The van der Waals surface area contributed by atoms with Crippen LogP contribution in [-0.4, -0.2) is 6.61 Å². The molecule has 5 heteroatoms. The largest absolute Gasteiger partial charge is 0.490 e. The summed E-state index contributed by atoms with van der Waals surface area (Å²) < 4.78 is 19.1. The zero-order chi connectivity index (χ0) is 14.5. The first kappa shape index (κ1) is 15.8. The highest BCUT2D eigenvalue weighted by molar-refractivity contribution is 9.10. The lowest BCUT2D eigenvalue weighted by Gasteiger charge is -2.15. The Bertz CT molecular complexity index is 460. The second-order valence-corrected chi connectivity index (χ2v) is 5.96. The van der Waals surface area contributed by atoms with Gasteiger partial charge >= 0.3 is 0 Å². The third-order valence-electron chi connectivity index (χ3n) is 2.78. The molecule has 0 amide bonds. The predicted octanol–water partition coefficient (Wildman–Crippen LogP) is 4.27. The molecular weight excluding hydrogens is 311 g/mol. The monoisotopic (exact) mass is 328 g/mol. The van der Waals surface area contributed by atoms with Crippen LogP contribution in [0.5, 0.6) is 5.75 Å². The van der Waals surface area contributed by atoms with Crippen molar-refractivity contribution in [3.63, 3.8) is 0 Å². The van der Waals surface area contributed by atoms with Crippen molar-refractivity contribution in [2.75, 3.05) is 12.3 Å². The molecule has 0 aliphatic carbocycles. The fraction of sp³-hybridized carbons (Fsp3) is 0.500. The number of nitrogens with two attached hydrogens (primary N) is 1. The fourth-order valence-corrected chi connectivity index (χ4v) is 2.19. The molecule has 0 bridgehead atoms. The van der Waals surface area contributed by atoms with Gasteiger partial charge in [-0.25, -0.2) is 4.39 Å². The van der Waals surface area contributed by atoms with Gasteiger partial charge in [0.15, 0.2) is 5.75 Å². The summed E-state index contributed by atoms with van der Waals surface area (Å²) in [5, 5.41) is 8.89. The average molecular weight is 329 g/mol. The lowest BCUT2D eigenvalue weighted by atomic mass is 9.89. The number of hydrogen-bond donors (Lipinski definition) is 1. The van der Waals surface area contributed by atoms with E-state index in [-0.39, 0.29) is 11.1 Å². The lowest BCUT2D eigenvalue weighted by molar-refractivity contribution is 0.294. The quantitative estimate of drug-likeness (QED) is 0.626. The molecule has 0 atom stereocenters. The first-order chi connectivity index (χ1) is 8.85. The summed E-state index contributed by atoms with van der Waals surface area (Å²) >= 11 is 3.22. The van der Waals surface area contributed by atoms with Gasteiger partial charge in [0.1, 0.15) is 5.82 Å². The normalized spacial score (nSPS) is 11.1. The molecule has 1 aromatic rings. The molecule has 0 spiro atoms. The van der Waals surface area contributed by atoms with Gasteiger partial charge in [0.25, 0.3) is 0 Å². The van der Waals surface area contributed by atoms with Crippen molar-refractivity contribution in [2.24, 2.45) is 5.41 Å². The number of nitrogens with zero attached hydrogens (tertiary/aromatic N) is 1. The van der Waals surface area contributed by atoms with Crippen LogP contribution in [-0.2, 0) is 0 Å². The Hall–Kier alpha value is -1.28. The van der Waals surface area contributed by atoms with Gasteiger partial charge in [-0.15, -0.1) is 0 Å². The minimum atomic E-state index is -0.396. The van der Waals surface area contributed by atoms with Gasteiger partial charge in [-0.3, -0.25) is 0 Å². The van der Waals surface area contributed by atoms with Crippen molar-refractivity contribution in [3.8, 4) is 11.8 Å². The topological polar surface area (TPSA) is 59.0 Å². The van der Waals surface area contributed by atoms with E-state index >= 15 is 0 Å². The average Bonchev–Trinajstić information content (AvgIpc) is 2.31. The van der Waals surface area contributed by atoms with Crippen LogP contribution < -0.4 is 10.5 Å². The smallest absolute Gasteiger partial charge is 0.156 e. The summed E-state index contributed by atoms with van der Waals surface area (Å²) in [6, 6.07) is 4.82. The summed E-state index contributed by atoms with van der Waals surface area (Å²) in [5.41, 5.74) is 5.68. The summed E-state index contributed by atoms with van der Waals surface area (Å²) in [7, 11) is 0. The molecule has 3 nitrogen and oxygen atoms in total. The van der Waals surface area contributed by atoms with Crippen molar-refractivity contribution in [3.05, 3.63) is 22.4 Å². The van der Waals surface area contributed by atoms with Gasteiger partial charge < -0.3 is 10.5 Å². The van der Waals surface area contributed by atoms with Gasteiger partial charge in [0.2, 0.25) is 0 Å². The molecule has 0 fully saturated rings. The standard InChI is InChI=1S/C14H18BrFN2O/c1-14(2,9-17)5-3-4-6-19-13-11(15)7-10(16)8-12(13)18/h7-8H,3-6,18H2,1-2H3. The Balaban J connectivity index is 2.41. The summed E-state index contributed by atoms with van der Waals surface area (Å²) in [5.74, 6) is 0.0773. The number of rotatable bonds is 6. The van der Waals surface area contributed by atoms with E-state index in [1.807, 2.05) is 13.8 Å². The van der Waals surface area contributed by atoms with E-state index < -0.39 is 5.82 Å². The second kappa shape index (κ2) is 6.76. The maximum atomic E-state index is 13.0. The van der Waals surface area contributed by atoms with Crippen LogP contribution in [0.2, 0.25) is 0 Å². The van der Waals surface area contributed by atoms with Crippen LogP contribution in [0.15, 0.2) is 16.6 Å². The highest BCUT2D eigenvalue weighted by atomic mass is 79.9. The van der Waals surface area contributed by atoms with Crippen molar-refractivity contribution in [1.82, 2.24) is 0 Å². The van der Waals surface area contributed by atoms with E-state index in [1.165, 1.54) is 12.1 Å². The number of unbranched alkanes of at least 4 members (excludes halogenated alkanes) is 1. The van der Waals surface area contributed by atoms with E-state index in [0.29, 0.717) is 16.8 Å². The molecule has 0 aliphatic rings. The SMILES string of the molecule is CC(C)(C#N)CCCCOc1c(N)cc(F)cc1Br. The number of benzene rings is 1. The number of nitriles is 1. The molecule has 0 aliphatic heterocycles. The number of hydrogen-bond acceptors (Lipinski definition) is 3. The van der Waals surface area contributed by atoms with E-state index in [0.717, 1.165) is 19.3 Å². The molecule has 2 N–H and O–H groups in total. The van der Waals surface area contributed by atoms with E-state index in [2.05, 4.69) is 22.0 Å². The van der Waals surface area contributed by atoms with Crippen molar-refractivity contribution in [1.29, 1.82) is 5.26 Å². The van der Waals surface area contributed by atoms with Crippen molar-refractivity contribution < 1.29 is 9.13 Å². The van der Waals surface area contributed by atoms with Gasteiger partial charge in [-0.05, 0) is 55.1 Å². The lowest BCUT2D eigenvalue weighted by Crippen LogP contribution is -2.08. The molecule has 1 aromatic carbocycles. The minimum absolute atomic E-state index is 0.282. The van der Waals surface area contributed by atoms with Crippen molar-refractivity contribution >= 4 is 21.6 Å². The van der Waals surface area contributed by atoms with E-state index in [1.54, 1.807) is 0 Å². The van der Waals surface area contributed by atoms with Crippen LogP contribution >= 0.6 is 15.9 Å². The third-order valence-corrected chi connectivity index (χ3v) is 3.37. The Morgan fingerprint density at radius 2 is 2.11 bits per heavy atom. The van der Waals surface area contributed by atoms with Crippen LogP contribution in [0.1, 0.15) is 33.1 Å². The van der Waals surface area contributed by atoms with Gasteiger partial charge in [-0.2, -0.15) is 5.26 Å². The molecule has 0 unspecified atom stereocenters. The minimum Gasteiger partial charge on any atom is -0.490 e. The van der Waals surface area contributed by atoms with E-state index in [4.69, 9.17) is 15.7 Å². The van der Waals surface area contributed by atoms with Crippen LogP contribution in [0.25, 0.3) is 0 Å². The number of nitrogen functional groups attached to an aromatic ring is 1. The molecule has 0 radical (unpaired) electrons. The van der Waals surface area contributed by atoms with Gasteiger partial charge in [0, 0.05) is 6.07 Å². The van der Waals surface area contributed by atoms with Crippen LogP contribution in [0.4, 0.5) is 10.1 Å². The molecule has 1 rings (SSSR count). The first-order valence-electron chi connectivity index (χ1n) is 6.14. The number of anilines is 1. The summed E-state index contributed by atoms with van der Waals surface area (Å²) in [6.45, 7) is 4.33. The van der Waals surface area contributed by atoms with Gasteiger partial charge in [0.05, 0.1) is 28.3 Å². The highest BCUT2D eigenvalue weighted by Crippen LogP contribution is 2.32. The van der Waals surface area contributed by atoms with Crippen LogP contribution in [0.3, 0.4) is 0 Å². The fourth-order valence-electron chi connectivity index (χ4n) is 1.63. The van der Waals surface area contributed by atoms with Crippen molar-refractivity contribution in [2.45, 2.75) is 33.1 Å². The number of ether oxygens (including phenoxy) is 1. The second-order valence-electron chi connectivity index (χ2n) is 5.11. The Labute approximate surface area is 121 Å². The van der Waals surface area contributed by atoms with Crippen LogP contribution in [0, 0.1) is 22.6 Å². The van der Waals surface area contributed by atoms with Gasteiger partial charge in [-0.1, -0.05) is 0 Å². The Morgan fingerprint density at radius 1 is 1.42 bits per heavy atom. The maximum Gasteiger partial charge on any atom is 0.156 e. The molecule has 19 heavy (non-hydrogen) atoms. The zero-order valence-electron chi connectivity index (χ0n) is 11.2. The summed E-state index contributed by atoms with van der Waals surface area (Å²) in [4.78, 5) is 0. The highest BCUT2D eigenvalue weighted by Gasteiger charge is 2.15. The first-order valence-corrected chi connectivity index (χ1v) is 6.93. The summed E-state index contributed by atoms with van der Waals surface area (Å²) in [6.07, 6.45) is 2.56. The zero-order valence-corrected chi connectivity index (χ0v) is 12.8. The van der Waals surface area contributed by atoms with E-state index in [9.17, 15) is 4.39 Å². The third kappa shape index (κ3) is 5.07. The predicted molar refractivity (Wildman–Crippen MR) is 77.3 cm³/mol. The maximum absolute atomic E-state index is 13.0. The number of halogens is 2. The Kier molecular flexibility index (Phi) is 5.61. The molecule has 0 saturated carbocycles. The molecule has 104 valence electrons. The Morgan fingerprint density at radius 3 is 2.68 bits per heavy atom.